The van der Waals surface area contributed by atoms with E-state index in [0.29, 0.717) is 17.7 Å². The van der Waals surface area contributed by atoms with Gasteiger partial charge in [-0.25, -0.2) is 0 Å². The molecule has 4 aromatic carbocycles. The maximum absolute atomic E-state index is 12.1. The largest absolute Gasteiger partial charge is 0.494 e. The lowest BCUT2D eigenvalue weighted by molar-refractivity contribution is 0.103. The van der Waals surface area contributed by atoms with Gasteiger partial charge in [0, 0.05) is 20.9 Å². The van der Waals surface area contributed by atoms with Crippen molar-refractivity contribution in [1.82, 2.24) is 0 Å². The number of ketones is 1. The zero-order chi connectivity index (χ0) is 21.5. The minimum absolute atomic E-state index is 0.0358. The second kappa shape index (κ2) is 10.1. The molecule has 154 valence electrons. The van der Waals surface area contributed by atoms with Gasteiger partial charge in [-0.1, -0.05) is 78.5 Å². The topological polar surface area (TPSA) is 26.3 Å². The quantitative estimate of drug-likeness (QED) is 0.289. The summed E-state index contributed by atoms with van der Waals surface area (Å²) in [7, 11) is 0. The lowest BCUT2D eigenvalue weighted by Crippen LogP contribution is -2.01. The van der Waals surface area contributed by atoms with Crippen LogP contribution in [0.2, 0.25) is 0 Å². The number of benzene rings is 4. The molecular weight excluding hydrogens is 400 g/mol. The predicted octanol–water partition coefficient (Wildman–Crippen LogP) is 7.06. The molecule has 0 saturated heterocycles. The van der Waals surface area contributed by atoms with Gasteiger partial charge >= 0.3 is 0 Å². The van der Waals surface area contributed by atoms with Crippen molar-refractivity contribution in [2.45, 2.75) is 23.1 Å². The number of hydrogen-bond acceptors (Lipinski definition) is 3. The number of ether oxygens (including phenoxy) is 1. The number of rotatable bonds is 4. The lowest BCUT2D eigenvalue weighted by atomic mass is 10.0. The van der Waals surface area contributed by atoms with Gasteiger partial charge in [0.15, 0.2) is 5.78 Å². The van der Waals surface area contributed by atoms with Gasteiger partial charge in [-0.15, -0.1) is 0 Å². The van der Waals surface area contributed by atoms with Crippen molar-refractivity contribution >= 4 is 17.5 Å². The highest BCUT2D eigenvalue weighted by atomic mass is 32.2. The van der Waals surface area contributed by atoms with E-state index in [-0.39, 0.29) is 5.78 Å². The van der Waals surface area contributed by atoms with Crippen molar-refractivity contribution in [1.29, 1.82) is 0 Å². The number of fused-ring (bicyclic) bond motifs is 2. The summed E-state index contributed by atoms with van der Waals surface area (Å²) in [6, 6.07) is 33.8. The number of hydrogen-bond donors (Lipinski definition) is 0. The summed E-state index contributed by atoms with van der Waals surface area (Å²) in [5, 5.41) is 0. The summed E-state index contributed by atoms with van der Waals surface area (Å²) in [5.74, 6) is 0.825. The molecule has 0 saturated carbocycles. The van der Waals surface area contributed by atoms with Gasteiger partial charge in [-0.3, -0.25) is 4.79 Å². The second-order valence-electron chi connectivity index (χ2n) is 7.15. The third kappa shape index (κ3) is 5.25. The first kappa shape index (κ1) is 21.0. The Morgan fingerprint density at radius 3 is 1.81 bits per heavy atom. The van der Waals surface area contributed by atoms with Crippen LogP contribution in [0.15, 0.2) is 113 Å². The fourth-order valence-corrected chi connectivity index (χ4v) is 4.52. The molecule has 1 aliphatic rings. The number of carbonyl (C=O) groups is 1. The second-order valence-corrected chi connectivity index (χ2v) is 8.23. The first-order valence-corrected chi connectivity index (χ1v) is 11.2. The van der Waals surface area contributed by atoms with Crippen molar-refractivity contribution in [2.24, 2.45) is 0 Å². The molecule has 1 heterocycles. The Morgan fingerprint density at radius 1 is 0.710 bits per heavy atom. The highest BCUT2D eigenvalue weighted by Gasteiger charge is 2.14. The minimum Gasteiger partial charge on any atom is -0.494 e. The summed E-state index contributed by atoms with van der Waals surface area (Å²) < 4.78 is 5.33. The number of carbonyl (C=O) groups excluding carboxylic acids is 1. The van der Waals surface area contributed by atoms with Crippen LogP contribution in [0.1, 0.15) is 34.0 Å². The molecule has 0 aliphatic carbocycles. The molecule has 0 radical (unpaired) electrons. The van der Waals surface area contributed by atoms with Crippen LogP contribution in [0, 0.1) is 0 Å². The van der Waals surface area contributed by atoms with E-state index >= 15 is 0 Å². The van der Waals surface area contributed by atoms with E-state index in [1.165, 1.54) is 20.9 Å². The molecule has 0 aromatic heterocycles. The van der Waals surface area contributed by atoms with E-state index in [1.807, 2.05) is 61.2 Å². The van der Waals surface area contributed by atoms with Crippen LogP contribution in [0.3, 0.4) is 0 Å². The zero-order valence-corrected chi connectivity index (χ0v) is 18.3. The summed E-state index contributed by atoms with van der Waals surface area (Å²) in [4.78, 5) is 14.9. The van der Waals surface area contributed by atoms with E-state index in [0.717, 1.165) is 12.2 Å². The van der Waals surface area contributed by atoms with E-state index in [2.05, 4.69) is 48.5 Å². The van der Waals surface area contributed by atoms with Gasteiger partial charge in [0.2, 0.25) is 0 Å². The third-order valence-electron chi connectivity index (χ3n) is 5.01. The Hall–Kier alpha value is -3.30. The Morgan fingerprint density at radius 2 is 1.23 bits per heavy atom. The van der Waals surface area contributed by atoms with Gasteiger partial charge in [-0.05, 0) is 60.9 Å². The SMILES string of the molecule is CCOc1ccc(C(=O)c2ccccc2)cc1.c1ccc2c(c1)Cc1ccccc1S2. The summed E-state index contributed by atoms with van der Waals surface area (Å²) in [6.45, 7) is 2.56. The van der Waals surface area contributed by atoms with Crippen LogP contribution in [-0.4, -0.2) is 12.4 Å². The summed E-state index contributed by atoms with van der Waals surface area (Å²) >= 11 is 1.88. The molecule has 2 nitrogen and oxygen atoms in total. The monoisotopic (exact) mass is 424 g/mol. The predicted molar refractivity (Wildman–Crippen MR) is 127 cm³/mol. The van der Waals surface area contributed by atoms with Crippen molar-refractivity contribution < 1.29 is 9.53 Å². The maximum atomic E-state index is 12.1. The molecule has 1 aliphatic heterocycles. The molecule has 5 rings (SSSR count). The molecule has 0 fully saturated rings. The lowest BCUT2D eigenvalue weighted by Gasteiger charge is -2.17. The molecule has 3 heteroatoms. The standard InChI is InChI=1S/C15H14O2.C13H10S/c1-2-17-14-10-8-13(9-11-14)15(16)12-6-4-3-5-7-12;1-3-7-12-10(5-1)9-11-6-2-4-8-13(11)14-12/h3-11H,2H2,1H3;1-8H,9H2. The highest BCUT2D eigenvalue weighted by Crippen LogP contribution is 2.38. The van der Waals surface area contributed by atoms with Crippen molar-refractivity contribution in [3.05, 3.63) is 125 Å². The van der Waals surface area contributed by atoms with Gasteiger partial charge in [0.05, 0.1) is 6.61 Å². The van der Waals surface area contributed by atoms with Gasteiger partial charge in [0.25, 0.3) is 0 Å². The van der Waals surface area contributed by atoms with Crippen molar-refractivity contribution in [3.63, 3.8) is 0 Å². The van der Waals surface area contributed by atoms with Crippen molar-refractivity contribution in [2.75, 3.05) is 6.61 Å². The summed E-state index contributed by atoms with van der Waals surface area (Å²) in [5.41, 5.74) is 4.30. The van der Waals surface area contributed by atoms with E-state index in [4.69, 9.17) is 4.74 Å². The van der Waals surface area contributed by atoms with Crippen LogP contribution >= 0.6 is 11.8 Å². The molecular formula is C28H24O2S. The summed E-state index contributed by atoms with van der Waals surface area (Å²) in [6.07, 6.45) is 1.08. The van der Waals surface area contributed by atoms with E-state index < -0.39 is 0 Å². The van der Waals surface area contributed by atoms with Crippen molar-refractivity contribution in [3.8, 4) is 5.75 Å². The molecule has 4 aromatic rings. The maximum Gasteiger partial charge on any atom is 0.193 e. The Kier molecular flexibility index (Phi) is 6.85. The first-order chi connectivity index (χ1) is 15.2. The molecule has 0 atom stereocenters. The van der Waals surface area contributed by atoms with E-state index in [1.54, 1.807) is 12.1 Å². The van der Waals surface area contributed by atoms with Crippen LogP contribution < -0.4 is 4.74 Å². The zero-order valence-electron chi connectivity index (χ0n) is 17.5. The van der Waals surface area contributed by atoms with Gasteiger partial charge in [-0.2, -0.15) is 0 Å². The fraction of sp³-hybridized carbons (Fsp3) is 0.107. The van der Waals surface area contributed by atoms with E-state index in [9.17, 15) is 4.79 Å². The molecule has 0 unspecified atom stereocenters. The van der Waals surface area contributed by atoms with Gasteiger partial charge in [0.1, 0.15) is 5.75 Å². The Bertz CT molecular complexity index is 1060. The molecule has 31 heavy (non-hydrogen) atoms. The molecule has 0 amide bonds. The molecule has 0 bridgehead atoms. The Balaban J connectivity index is 0.000000151. The minimum atomic E-state index is 0.0358. The average Bonchev–Trinajstić information content (AvgIpc) is 2.84. The fourth-order valence-electron chi connectivity index (χ4n) is 3.45. The average molecular weight is 425 g/mol. The van der Waals surface area contributed by atoms with Gasteiger partial charge < -0.3 is 4.74 Å². The third-order valence-corrected chi connectivity index (χ3v) is 6.25. The van der Waals surface area contributed by atoms with Crippen LogP contribution in [0.4, 0.5) is 0 Å². The normalized spacial score (nSPS) is 11.4. The molecule has 0 N–H and O–H groups in total. The molecule has 0 spiro atoms. The highest BCUT2D eigenvalue weighted by molar-refractivity contribution is 7.99. The van der Waals surface area contributed by atoms with Crippen LogP contribution in [-0.2, 0) is 6.42 Å². The van der Waals surface area contributed by atoms with Crippen LogP contribution in [0.5, 0.6) is 5.75 Å². The Labute approximate surface area is 187 Å². The first-order valence-electron chi connectivity index (χ1n) is 10.4. The van der Waals surface area contributed by atoms with Crippen LogP contribution in [0.25, 0.3) is 0 Å². The smallest absolute Gasteiger partial charge is 0.193 e.